The van der Waals surface area contributed by atoms with Gasteiger partial charge in [0.2, 0.25) is 13.6 Å². The molecule has 0 aromatic heterocycles. The minimum Gasteiger partial charge on any atom is -0.457 e. The number of carbonyl (C=O) groups is 6. The second-order valence-electron chi connectivity index (χ2n) is 22.4. The summed E-state index contributed by atoms with van der Waals surface area (Å²) in [5.41, 5.74) is 11.7. The summed E-state index contributed by atoms with van der Waals surface area (Å²) in [7, 11) is 0. The average Bonchev–Trinajstić information content (AvgIpc) is 0.757. The van der Waals surface area contributed by atoms with Gasteiger partial charge in [0, 0.05) is 34.5 Å². The summed E-state index contributed by atoms with van der Waals surface area (Å²) in [5.74, 6) is 2.25. The Morgan fingerprint density at radius 1 is 0.526 bits per heavy atom. The van der Waals surface area contributed by atoms with Gasteiger partial charge in [0.25, 0.3) is 0 Å². The van der Waals surface area contributed by atoms with Crippen molar-refractivity contribution < 1.29 is 85.6 Å². The van der Waals surface area contributed by atoms with E-state index in [9.17, 15) is 28.8 Å². The minimum absolute atomic E-state index is 0. The van der Waals surface area contributed by atoms with E-state index in [1.165, 1.54) is 60.8 Å². The number of fused-ring (bicyclic) bond motifs is 8. The molecule has 0 radical (unpaired) electrons. The molecule has 4 bridgehead atoms. The summed E-state index contributed by atoms with van der Waals surface area (Å²) < 4.78 is 59.4. The minimum atomic E-state index is -0.870. The fourth-order valence-corrected chi connectivity index (χ4v) is 11.7. The van der Waals surface area contributed by atoms with Gasteiger partial charge in [-0.2, -0.15) is 0 Å². The molecule has 1 amide bonds. The van der Waals surface area contributed by atoms with Crippen molar-refractivity contribution in [2.45, 2.75) is 237 Å². The number of amides is 1. The van der Waals surface area contributed by atoms with Crippen LogP contribution in [0, 0.1) is 11.8 Å². The van der Waals surface area contributed by atoms with Crippen molar-refractivity contribution >= 4 is 93.5 Å². The standard InChI is InChI=1S/C30H39NO6.C22H33NO4.C6H11ClO3.C6H11IO3.C2H2Cl2O2.5CH4/c1-3-4-17-34-29(33)37-21-36-25-15-14-23-18-24-13-9-6-10-16-30(2,26(23)19-25)27(24)31-28(32)35-20-22-11-7-5-8-12-22;1-3-4-12-25-21(24)27-15-26-18-10-9-16-13-17-8-6-5-7-11-22(2,20(17)23)19(16)14-18;2*1-2-3-4-9-6(8)10-5-7;3-1-6-2(4)5;;;;;/h5,7-8,11-12,14-15,19,24,27H,3-4,6,9-10,13,16-18,20-21H2,1-2H3,(H,31,32);9-10,14,17,20H,3-8,11-13,15,23H2,1-2H3;2*2-5H2,1H3;1H2;5*1H4/t24-,27-,30+;17-,20-,22+;;;;;;;;/m00......../s1. The quantitative estimate of drug-likeness (QED) is 0.0161. The topological polar surface area (TPSA) is 251 Å². The Labute approximate surface area is 597 Å². The first kappa shape index (κ1) is 93.8. The van der Waals surface area contributed by atoms with Crippen LogP contribution in [0.25, 0.3) is 0 Å². The second kappa shape index (κ2) is 54.6. The molecule has 0 saturated heterocycles. The summed E-state index contributed by atoms with van der Waals surface area (Å²) >= 11 is 16.5. The monoisotopic (exact) mass is 1520 g/mol. The average molecular weight is 1520 g/mol. The van der Waals surface area contributed by atoms with Gasteiger partial charge in [0.15, 0.2) is 12.1 Å². The third kappa shape index (κ3) is 35.6. The maximum absolute atomic E-state index is 12.9. The molecule has 0 aliphatic heterocycles. The van der Waals surface area contributed by atoms with E-state index in [2.05, 4.69) is 72.6 Å². The molecule has 0 unspecified atom stereocenters. The number of hydrogen-bond donors (Lipinski definition) is 2. The Balaban J connectivity index is -0.00000127. The van der Waals surface area contributed by atoms with Crippen molar-refractivity contribution in [3.05, 3.63) is 94.5 Å². The predicted molar refractivity (Wildman–Crippen MR) is 386 cm³/mol. The summed E-state index contributed by atoms with van der Waals surface area (Å²) in [6.07, 6.45) is 17.9. The number of carbonyl (C=O) groups excluding carboxylic acids is 6. The van der Waals surface area contributed by atoms with E-state index < -0.39 is 30.0 Å². The number of alkyl carbamates (subject to hydrolysis) is 1. The molecule has 2 saturated carbocycles. The second-order valence-corrected chi connectivity index (χ2v) is 23.8. The van der Waals surface area contributed by atoms with Crippen LogP contribution in [0.2, 0.25) is 0 Å². The number of halogens is 4. The number of hydrogen-bond acceptors (Lipinski definition) is 19. The maximum Gasteiger partial charge on any atom is 0.511 e. The molecule has 2 fully saturated rings. The Morgan fingerprint density at radius 3 is 1.38 bits per heavy atom. The Hall–Kier alpha value is -5.36. The molecular weight excluding hydrogens is 1400 g/mol. The lowest BCUT2D eigenvalue weighted by atomic mass is 9.59. The molecule has 0 heterocycles. The van der Waals surface area contributed by atoms with Crippen LogP contribution in [0.1, 0.15) is 222 Å². The van der Waals surface area contributed by atoms with Crippen LogP contribution < -0.4 is 20.5 Å². The molecular formula is C71H116Cl3IN2O18. The van der Waals surface area contributed by atoms with Gasteiger partial charge < -0.3 is 67.9 Å². The van der Waals surface area contributed by atoms with E-state index in [0.29, 0.717) is 54.4 Å². The SMILES string of the molecule is C.C.C.C.C.CCCCOC(=O)OCCl.CCCCOC(=O)OCI.CCCCOC(=O)OCOc1ccc2c(c1)[C@@]1(C)CCCCC[C@@H](C2)[C@@H]1N.CCCCOC(=O)OCOc1ccc2c(c1)[C@@]1(C)CCCCC[C@@H](C2)[C@@H]1NC(=O)OCc1ccccc1.O=C(Cl)OCCl. The lowest BCUT2D eigenvalue weighted by Crippen LogP contribution is -2.57. The highest BCUT2D eigenvalue weighted by molar-refractivity contribution is 14.1. The molecule has 0 spiro atoms. The molecule has 24 heteroatoms. The number of rotatable bonds is 24. The van der Waals surface area contributed by atoms with Crippen molar-refractivity contribution in [3.8, 4) is 11.5 Å². The maximum atomic E-state index is 12.9. The zero-order valence-corrected chi connectivity index (χ0v) is 57.7. The molecule has 7 rings (SSSR count). The largest absolute Gasteiger partial charge is 0.511 e. The first-order valence-electron chi connectivity index (χ1n) is 31.4. The summed E-state index contributed by atoms with van der Waals surface area (Å²) in [6.45, 7) is 14.2. The van der Waals surface area contributed by atoms with Gasteiger partial charge in [-0.05, 0) is 151 Å². The number of benzene rings is 3. The molecule has 3 aromatic carbocycles. The van der Waals surface area contributed by atoms with Crippen LogP contribution in [-0.2, 0) is 77.6 Å². The highest BCUT2D eigenvalue weighted by Crippen LogP contribution is 2.48. The molecule has 546 valence electrons. The first-order chi connectivity index (χ1) is 43.4. The van der Waals surface area contributed by atoms with Crippen molar-refractivity contribution in [1.29, 1.82) is 0 Å². The van der Waals surface area contributed by atoms with E-state index in [0.717, 1.165) is 95.5 Å². The number of nitrogens with two attached hydrogens (primary N) is 1. The van der Waals surface area contributed by atoms with Crippen molar-refractivity contribution in [3.63, 3.8) is 0 Å². The molecule has 20 nitrogen and oxygen atoms in total. The first-order valence-corrected chi connectivity index (χ1v) is 34.3. The Morgan fingerprint density at radius 2 is 0.947 bits per heavy atom. The zero-order valence-electron chi connectivity index (χ0n) is 53.3. The van der Waals surface area contributed by atoms with E-state index in [4.69, 9.17) is 62.1 Å². The third-order valence-electron chi connectivity index (χ3n) is 16.0. The molecule has 6 atom stereocenters. The highest BCUT2D eigenvalue weighted by Gasteiger charge is 2.47. The fourth-order valence-electron chi connectivity index (χ4n) is 11.2. The predicted octanol–water partition coefficient (Wildman–Crippen LogP) is 20.6. The van der Waals surface area contributed by atoms with Crippen LogP contribution >= 0.6 is 57.4 Å². The zero-order chi connectivity index (χ0) is 66.0. The smallest absolute Gasteiger partial charge is 0.457 e. The van der Waals surface area contributed by atoms with Gasteiger partial charge in [0.05, 0.1) is 26.4 Å². The van der Waals surface area contributed by atoms with Gasteiger partial charge in [-0.3, -0.25) is 0 Å². The Kier molecular flexibility index (Phi) is 54.0. The number of nitrogens with one attached hydrogen (secondary N) is 1. The van der Waals surface area contributed by atoms with Crippen LogP contribution in [-0.4, -0.2) is 105 Å². The highest BCUT2D eigenvalue weighted by atomic mass is 127. The van der Waals surface area contributed by atoms with Gasteiger partial charge in [-0.25, -0.2) is 28.8 Å². The van der Waals surface area contributed by atoms with E-state index in [1.807, 2.05) is 98.8 Å². The van der Waals surface area contributed by atoms with Crippen LogP contribution in [0.3, 0.4) is 0 Å². The van der Waals surface area contributed by atoms with E-state index >= 15 is 0 Å². The Bertz CT molecular complexity index is 2530. The number of alkyl halides is 3. The summed E-state index contributed by atoms with van der Waals surface area (Å²) in [5, 5.41) is 3.25. The number of ether oxygens (including phenoxy) is 12. The van der Waals surface area contributed by atoms with Gasteiger partial charge in [0.1, 0.15) is 22.7 Å². The van der Waals surface area contributed by atoms with Gasteiger partial charge in [-0.15, -0.1) is 0 Å². The van der Waals surface area contributed by atoms with Crippen LogP contribution in [0.5, 0.6) is 11.5 Å². The fraction of sp³-hybridized carbons (Fsp3) is 0.662. The van der Waals surface area contributed by atoms with Crippen molar-refractivity contribution in [2.75, 3.05) is 56.8 Å². The lowest BCUT2D eigenvalue weighted by molar-refractivity contribution is 0.00315. The molecule has 4 aliphatic carbocycles. The number of unbranched alkanes of at least 4 members (excludes halogenated alkanes) is 4. The van der Waals surface area contributed by atoms with Crippen LogP contribution in [0.4, 0.5) is 28.8 Å². The van der Waals surface area contributed by atoms with Crippen molar-refractivity contribution in [1.82, 2.24) is 5.32 Å². The molecule has 3 aromatic rings. The normalized spacial score (nSPS) is 18.9. The third-order valence-corrected chi connectivity index (χ3v) is 16.6. The summed E-state index contributed by atoms with van der Waals surface area (Å²) in [4.78, 5) is 66.5. The molecule has 95 heavy (non-hydrogen) atoms. The van der Waals surface area contributed by atoms with E-state index in [-0.39, 0.29) is 98.5 Å². The lowest BCUT2D eigenvalue weighted by Gasteiger charge is -2.49. The molecule has 4 aliphatic rings. The summed E-state index contributed by atoms with van der Waals surface area (Å²) in [6, 6.07) is 21.8. The van der Waals surface area contributed by atoms with Crippen LogP contribution in [0.15, 0.2) is 66.7 Å². The van der Waals surface area contributed by atoms with E-state index in [1.54, 1.807) is 0 Å². The van der Waals surface area contributed by atoms with Crippen molar-refractivity contribution in [2.24, 2.45) is 17.6 Å². The molecule has 3 N–H and O–H groups in total. The van der Waals surface area contributed by atoms with Gasteiger partial charge in [-0.1, -0.05) is 209 Å². The van der Waals surface area contributed by atoms with Gasteiger partial charge >= 0.3 is 36.1 Å².